The molecule has 3 aliphatic rings. The standard InChI is InChI=1S/C18H22N2O4/c1-24-10-16(22)19-8-14-17(12-4-2-3-5-13(12)19)15(9-21)20(14)18(23)11-6-7-11/h2-5,11,14-15,17,21H,6-10H2,1H3/t14-,15+,17+/m1/s1. The Morgan fingerprint density at radius 3 is 2.71 bits per heavy atom. The molecule has 128 valence electrons. The molecule has 4 rings (SSSR count). The molecule has 2 amide bonds. The highest BCUT2D eigenvalue weighted by Crippen LogP contribution is 2.50. The van der Waals surface area contributed by atoms with Crippen LogP contribution in [0.5, 0.6) is 0 Å². The maximum atomic E-state index is 12.6. The van der Waals surface area contributed by atoms with Gasteiger partial charge in [0.05, 0.1) is 18.7 Å². The maximum absolute atomic E-state index is 12.6. The van der Waals surface area contributed by atoms with Gasteiger partial charge in [-0.05, 0) is 24.5 Å². The summed E-state index contributed by atoms with van der Waals surface area (Å²) in [7, 11) is 1.50. The average molecular weight is 330 g/mol. The molecule has 1 aromatic rings. The highest BCUT2D eigenvalue weighted by molar-refractivity contribution is 5.96. The number of hydrogen-bond donors (Lipinski definition) is 1. The number of likely N-dealkylation sites (tertiary alicyclic amines) is 1. The number of para-hydroxylation sites is 1. The number of amides is 2. The molecular formula is C18H22N2O4. The van der Waals surface area contributed by atoms with Gasteiger partial charge in [-0.1, -0.05) is 18.2 Å². The predicted molar refractivity (Wildman–Crippen MR) is 87.6 cm³/mol. The number of aliphatic hydroxyl groups excluding tert-OH is 1. The van der Waals surface area contributed by atoms with E-state index in [0.717, 1.165) is 24.1 Å². The van der Waals surface area contributed by atoms with Crippen LogP contribution in [-0.2, 0) is 14.3 Å². The fourth-order valence-electron chi connectivity index (χ4n) is 4.17. The third kappa shape index (κ3) is 2.24. The van der Waals surface area contributed by atoms with E-state index in [2.05, 4.69) is 0 Å². The van der Waals surface area contributed by atoms with Gasteiger partial charge in [-0.15, -0.1) is 0 Å². The Morgan fingerprint density at radius 1 is 1.29 bits per heavy atom. The number of fused-ring (bicyclic) bond motifs is 3. The lowest BCUT2D eigenvalue weighted by atomic mass is 9.71. The summed E-state index contributed by atoms with van der Waals surface area (Å²) in [6, 6.07) is 7.56. The van der Waals surface area contributed by atoms with Crippen molar-refractivity contribution in [2.75, 3.05) is 31.8 Å². The summed E-state index contributed by atoms with van der Waals surface area (Å²) >= 11 is 0. The van der Waals surface area contributed by atoms with E-state index in [1.54, 1.807) is 4.90 Å². The first-order valence-corrected chi connectivity index (χ1v) is 8.48. The zero-order valence-electron chi connectivity index (χ0n) is 13.7. The monoisotopic (exact) mass is 330 g/mol. The molecule has 0 aromatic heterocycles. The van der Waals surface area contributed by atoms with Gasteiger partial charge in [-0.3, -0.25) is 9.59 Å². The number of anilines is 1. The highest BCUT2D eigenvalue weighted by Gasteiger charge is 2.56. The number of nitrogens with zero attached hydrogens (tertiary/aromatic N) is 2. The lowest BCUT2D eigenvalue weighted by Gasteiger charge is -2.59. The number of hydrogen-bond acceptors (Lipinski definition) is 4. The molecule has 0 spiro atoms. The van der Waals surface area contributed by atoms with Crippen molar-refractivity contribution in [2.24, 2.45) is 5.92 Å². The van der Waals surface area contributed by atoms with Crippen LogP contribution >= 0.6 is 0 Å². The van der Waals surface area contributed by atoms with Gasteiger partial charge in [0, 0.05) is 31.2 Å². The zero-order valence-corrected chi connectivity index (χ0v) is 13.7. The quantitative estimate of drug-likeness (QED) is 0.884. The van der Waals surface area contributed by atoms with Gasteiger partial charge >= 0.3 is 0 Å². The Labute approximate surface area is 141 Å². The molecule has 6 nitrogen and oxygen atoms in total. The number of methoxy groups -OCH3 is 1. The van der Waals surface area contributed by atoms with Crippen molar-refractivity contribution < 1.29 is 19.4 Å². The number of aliphatic hydroxyl groups is 1. The van der Waals surface area contributed by atoms with E-state index < -0.39 is 0 Å². The molecule has 24 heavy (non-hydrogen) atoms. The Balaban J connectivity index is 1.69. The van der Waals surface area contributed by atoms with E-state index in [4.69, 9.17) is 4.74 Å². The summed E-state index contributed by atoms with van der Waals surface area (Å²) in [5.74, 6) is 0.240. The molecular weight excluding hydrogens is 308 g/mol. The van der Waals surface area contributed by atoms with E-state index in [1.165, 1.54) is 7.11 Å². The molecule has 0 unspecified atom stereocenters. The van der Waals surface area contributed by atoms with Gasteiger partial charge in [-0.2, -0.15) is 0 Å². The van der Waals surface area contributed by atoms with Crippen LogP contribution in [0.4, 0.5) is 5.69 Å². The molecule has 1 aliphatic carbocycles. The van der Waals surface area contributed by atoms with Gasteiger partial charge < -0.3 is 19.6 Å². The van der Waals surface area contributed by atoms with Crippen molar-refractivity contribution in [3.8, 4) is 0 Å². The second-order valence-electron chi connectivity index (χ2n) is 6.86. The van der Waals surface area contributed by atoms with E-state index in [0.29, 0.717) is 6.54 Å². The van der Waals surface area contributed by atoms with Crippen molar-refractivity contribution in [1.82, 2.24) is 4.90 Å². The first-order chi connectivity index (χ1) is 11.7. The lowest BCUT2D eigenvalue weighted by molar-refractivity contribution is -0.152. The number of rotatable bonds is 4. The highest BCUT2D eigenvalue weighted by atomic mass is 16.5. The van der Waals surface area contributed by atoms with Crippen LogP contribution in [0.15, 0.2) is 24.3 Å². The molecule has 2 aliphatic heterocycles. The van der Waals surface area contributed by atoms with Gasteiger partial charge in [0.1, 0.15) is 6.61 Å². The molecule has 0 radical (unpaired) electrons. The molecule has 2 fully saturated rings. The minimum absolute atomic E-state index is 0.0196. The molecule has 0 bridgehead atoms. The van der Waals surface area contributed by atoms with Crippen molar-refractivity contribution >= 4 is 17.5 Å². The Morgan fingerprint density at radius 2 is 2.04 bits per heavy atom. The third-order valence-corrected chi connectivity index (χ3v) is 5.44. The number of benzene rings is 1. The van der Waals surface area contributed by atoms with Crippen LogP contribution in [0.2, 0.25) is 0 Å². The van der Waals surface area contributed by atoms with Gasteiger partial charge in [-0.25, -0.2) is 0 Å². The average Bonchev–Trinajstić information content (AvgIpc) is 3.40. The smallest absolute Gasteiger partial charge is 0.253 e. The second kappa shape index (κ2) is 5.86. The topological polar surface area (TPSA) is 70.1 Å². The van der Waals surface area contributed by atoms with Crippen molar-refractivity contribution in [2.45, 2.75) is 30.8 Å². The Hall–Kier alpha value is -1.92. The first-order valence-electron chi connectivity index (χ1n) is 8.48. The molecule has 6 heteroatoms. The predicted octanol–water partition coefficient (Wildman–Crippen LogP) is 0.745. The summed E-state index contributed by atoms with van der Waals surface area (Å²) in [6.45, 7) is 0.449. The summed E-state index contributed by atoms with van der Waals surface area (Å²) < 4.78 is 5.01. The zero-order chi connectivity index (χ0) is 16.8. The minimum Gasteiger partial charge on any atom is -0.394 e. The number of carbonyl (C=O) groups excluding carboxylic acids is 2. The van der Waals surface area contributed by atoms with Gasteiger partial charge in [0.25, 0.3) is 5.91 Å². The first kappa shape index (κ1) is 15.6. The summed E-state index contributed by atoms with van der Waals surface area (Å²) in [5.41, 5.74) is 1.91. The van der Waals surface area contributed by atoms with Gasteiger partial charge in [0.15, 0.2) is 0 Å². The molecule has 2 heterocycles. The van der Waals surface area contributed by atoms with Crippen molar-refractivity contribution in [1.29, 1.82) is 0 Å². The summed E-state index contributed by atoms with van der Waals surface area (Å²) in [6.07, 6.45) is 1.88. The Bertz CT molecular complexity index is 673. The SMILES string of the molecule is COCC(=O)N1C[C@@H]2[C@H](c3ccccc31)[C@H](CO)N2C(=O)C1CC1. The van der Waals surface area contributed by atoms with Crippen LogP contribution in [-0.4, -0.2) is 60.8 Å². The van der Waals surface area contributed by atoms with Crippen LogP contribution in [0.25, 0.3) is 0 Å². The lowest BCUT2D eigenvalue weighted by Crippen LogP contribution is -2.71. The fraction of sp³-hybridized carbons (Fsp3) is 0.556. The molecule has 1 saturated heterocycles. The van der Waals surface area contributed by atoms with Crippen LogP contribution in [0.1, 0.15) is 24.3 Å². The Kier molecular flexibility index (Phi) is 3.81. The van der Waals surface area contributed by atoms with Crippen molar-refractivity contribution in [3.63, 3.8) is 0 Å². The van der Waals surface area contributed by atoms with E-state index in [1.807, 2.05) is 29.2 Å². The minimum atomic E-state index is -0.177. The normalized spacial score (nSPS) is 28.0. The largest absolute Gasteiger partial charge is 0.394 e. The maximum Gasteiger partial charge on any atom is 0.253 e. The number of carbonyl (C=O) groups is 2. The van der Waals surface area contributed by atoms with Gasteiger partial charge in [0.2, 0.25) is 5.91 Å². The van der Waals surface area contributed by atoms with Crippen LogP contribution < -0.4 is 4.90 Å². The molecule has 1 saturated carbocycles. The van der Waals surface area contributed by atoms with Crippen LogP contribution in [0.3, 0.4) is 0 Å². The van der Waals surface area contributed by atoms with Crippen molar-refractivity contribution in [3.05, 3.63) is 29.8 Å². The summed E-state index contributed by atoms with van der Waals surface area (Å²) in [5, 5.41) is 9.84. The molecule has 1 N–H and O–H groups in total. The number of ether oxygens (including phenoxy) is 1. The van der Waals surface area contributed by atoms with Crippen LogP contribution in [0, 0.1) is 5.92 Å². The van der Waals surface area contributed by atoms with E-state index >= 15 is 0 Å². The second-order valence-corrected chi connectivity index (χ2v) is 6.86. The fourth-order valence-corrected chi connectivity index (χ4v) is 4.17. The third-order valence-electron chi connectivity index (χ3n) is 5.44. The summed E-state index contributed by atoms with van der Waals surface area (Å²) in [4.78, 5) is 28.6. The van der Waals surface area contributed by atoms with E-state index in [9.17, 15) is 14.7 Å². The van der Waals surface area contributed by atoms with E-state index in [-0.39, 0.29) is 48.9 Å². The molecule has 1 aromatic carbocycles. The molecule has 3 atom stereocenters.